The van der Waals surface area contributed by atoms with Crippen molar-refractivity contribution < 1.29 is 23.5 Å². The monoisotopic (exact) mass is 422 g/mol. The quantitative estimate of drug-likeness (QED) is 0.725. The molecule has 2 amide bonds. The summed E-state index contributed by atoms with van der Waals surface area (Å²) >= 11 is 7.27. The van der Waals surface area contributed by atoms with Crippen LogP contribution in [0.4, 0.5) is 15.8 Å². The molecule has 0 fully saturated rings. The topological polar surface area (TPSA) is 84.5 Å². The van der Waals surface area contributed by atoms with E-state index in [1.165, 1.54) is 30.8 Å². The molecule has 9 heteroatoms. The minimum atomic E-state index is -1.12. The summed E-state index contributed by atoms with van der Waals surface area (Å²) < 4.78 is 18.3. The van der Waals surface area contributed by atoms with Crippen LogP contribution in [0.2, 0.25) is 5.02 Å². The Labute approximate surface area is 169 Å². The third-order valence-electron chi connectivity index (χ3n) is 3.99. The van der Waals surface area contributed by atoms with Gasteiger partial charge in [0.05, 0.1) is 27.2 Å². The smallest absolute Gasteiger partial charge is 0.338 e. The Balaban J connectivity index is 1.66. The van der Waals surface area contributed by atoms with Crippen molar-refractivity contribution in [2.45, 2.75) is 30.1 Å². The fourth-order valence-electron chi connectivity index (χ4n) is 2.44. The van der Waals surface area contributed by atoms with E-state index in [-0.39, 0.29) is 27.4 Å². The minimum Gasteiger partial charge on any atom is -0.449 e. The maximum Gasteiger partial charge on any atom is 0.338 e. The Kier molecular flexibility index (Phi) is 5.90. The molecular weight excluding hydrogens is 407 g/mol. The van der Waals surface area contributed by atoms with Crippen LogP contribution in [0, 0.1) is 5.82 Å². The maximum absolute atomic E-state index is 13.1. The van der Waals surface area contributed by atoms with E-state index in [1.807, 2.05) is 0 Å². The third-order valence-corrected chi connectivity index (χ3v) is 5.48. The van der Waals surface area contributed by atoms with Crippen LogP contribution in [0.3, 0.4) is 0 Å². The van der Waals surface area contributed by atoms with Crippen LogP contribution in [0.15, 0.2) is 41.3 Å². The molecule has 1 aliphatic heterocycles. The molecule has 1 aliphatic rings. The molecule has 28 heavy (non-hydrogen) atoms. The Morgan fingerprint density at radius 1 is 1.29 bits per heavy atom. The number of benzene rings is 2. The van der Waals surface area contributed by atoms with Gasteiger partial charge >= 0.3 is 5.97 Å². The van der Waals surface area contributed by atoms with Crippen LogP contribution in [0.1, 0.15) is 24.2 Å². The number of carbonyl (C=O) groups is 3. The first-order chi connectivity index (χ1) is 13.2. The SMILES string of the molecule is C[C@@H](OC(=O)c1ccc2c(c1)NC(=O)[C@@H](C)S2)C(=O)Nc1ccc(F)cc1Cl. The Hall–Kier alpha value is -2.58. The summed E-state index contributed by atoms with van der Waals surface area (Å²) in [7, 11) is 0. The predicted molar refractivity (Wildman–Crippen MR) is 105 cm³/mol. The second kappa shape index (κ2) is 8.20. The fraction of sp³-hybridized carbons (Fsp3) is 0.211. The highest BCUT2D eigenvalue weighted by molar-refractivity contribution is 8.00. The van der Waals surface area contributed by atoms with Crippen molar-refractivity contribution in [3.8, 4) is 0 Å². The molecule has 0 aliphatic carbocycles. The van der Waals surface area contributed by atoms with Crippen LogP contribution in [0.25, 0.3) is 0 Å². The average Bonchev–Trinajstić information content (AvgIpc) is 2.64. The average molecular weight is 423 g/mol. The molecule has 2 N–H and O–H groups in total. The number of hydrogen-bond acceptors (Lipinski definition) is 5. The zero-order valence-electron chi connectivity index (χ0n) is 14.9. The first-order valence-corrected chi connectivity index (χ1v) is 9.59. The van der Waals surface area contributed by atoms with Crippen LogP contribution >= 0.6 is 23.4 Å². The summed E-state index contributed by atoms with van der Waals surface area (Å²) in [5.41, 5.74) is 0.935. The van der Waals surface area contributed by atoms with Crippen molar-refractivity contribution in [3.05, 3.63) is 52.8 Å². The Bertz CT molecular complexity index is 969. The van der Waals surface area contributed by atoms with Crippen molar-refractivity contribution in [1.82, 2.24) is 0 Å². The van der Waals surface area contributed by atoms with Crippen molar-refractivity contribution in [1.29, 1.82) is 0 Å². The first kappa shape index (κ1) is 20.2. The number of nitrogens with one attached hydrogen (secondary N) is 2. The predicted octanol–water partition coefficient (Wildman–Crippen LogP) is 4.10. The van der Waals surface area contributed by atoms with E-state index in [0.29, 0.717) is 5.69 Å². The number of halogens is 2. The molecule has 3 rings (SSSR count). The van der Waals surface area contributed by atoms with Gasteiger partial charge in [-0.15, -0.1) is 11.8 Å². The first-order valence-electron chi connectivity index (χ1n) is 8.33. The van der Waals surface area contributed by atoms with Crippen LogP contribution < -0.4 is 10.6 Å². The number of rotatable bonds is 4. The van der Waals surface area contributed by atoms with Gasteiger partial charge in [-0.2, -0.15) is 0 Å². The second-order valence-corrected chi connectivity index (χ2v) is 7.91. The minimum absolute atomic E-state index is 0.0315. The van der Waals surface area contributed by atoms with Gasteiger partial charge in [0.15, 0.2) is 6.10 Å². The van der Waals surface area contributed by atoms with E-state index < -0.39 is 23.8 Å². The summed E-state index contributed by atoms with van der Waals surface area (Å²) in [6.07, 6.45) is -1.12. The third kappa shape index (κ3) is 4.45. The number of anilines is 2. The maximum atomic E-state index is 13.1. The normalized spacial score (nSPS) is 16.6. The summed E-state index contributed by atoms with van der Waals surface area (Å²) in [4.78, 5) is 37.2. The van der Waals surface area contributed by atoms with Crippen LogP contribution in [-0.4, -0.2) is 29.1 Å². The molecule has 6 nitrogen and oxygen atoms in total. The molecule has 0 saturated heterocycles. The van der Waals surface area contributed by atoms with Gasteiger partial charge in [-0.3, -0.25) is 9.59 Å². The van der Waals surface area contributed by atoms with Crippen LogP contribution in [-0.2, 0) is 14.3 Å². The molecule has 2 aromatic carbocycles. The molecule has 0 unspecified atom stereocenters. The lowest BCUT2D eigenvalue weighted by Gasteiger charge is -2.22. The molecule has 1 heterocycles. The van der Waals surface area contributed by atoms with Crippen molar-refractivity contribution in [2.75, 3.05) is 10.6 Å². The van der Waals surface area contributed by atoms with Gasteiger partial charge in [-0.05, 0) is 50.2 Å². The van der Waals surface area contributed by atoms with Gasteiger partial charge < -0.3 is 15.4 Å². The summed E-state index contributed by atoms with van der Waals surface area (Å²) in [6.45, 7) is 3.20. The summed E-state index contributed by atoms with van der Waals surface area (Å²) in [5, 5.41) is 5.03. The molecule has 2 atom stereocenters. The highest BCUT2D eigenvalue weighted by atomic mass is 35.5. The fourth-order valence-corrected chi connectivity index (χ4v) is 3.59. The number of ether oxygens (including phenoxy) is 1. The molecule has 0 aromatic heterocycles. The molecule has 0 bridgehead atoms. The zero-order chi connectivity index (χ0) is 20.4. The van der Waals surface area contributed by atoms with E-state index in [0.717, 1.165) is 17.0 Å². The Morgan fingerprint density at radius 3 is 2.75 bits per heavy atom. The molecular formula is C19H16ClFN2O4S. The van der Waals surface area contributed by atoms with Gasteiger partial charge in [0.1, 0.15) is 5.82 Å². The number of esters is 1. The largest absolute Gasteiger partial charge is 0.449 e. The van der Waals surface area contributed by atoms with E-state index in [4.69, 9.17) is 16.3 Å². The standard InChI is InChI=1S/C19H16ClFN2O4S/c1-9(17(24)22-14-5-4-12(21)8-13(14)20)27-19(26)11-3-6-16-15(7-11)23-18(25)10(2)28-16/h3-10H,1-2H3,(H,22,24)(H,23,25)/t9-,10-/m1/s1. The van der Waals surface area contributed by atoms with E-state index in [2.05, 4.69) is 10.6 Å². The second-order valence-electron chi connectivity index (χ2n) is 6.12. The van der Waals surface area contributed by atoms with Crippen molar-refractivity contribution in [3.63, 3.8) is 0 Å². The van der Waals surface area contributed by atoms with Gasteiger partial charge in [0, 0.05) is 4.90 Å². The molecule has 146 valence electrons. The molecule has 0 spiro atoms. The van der Waals surface area contributed by atoms with E-state index in [1.54, 1.807) is 19.1 Å². The van der Waals surface area contributed by atoms with Gasteiger partial charge in [0.2, 0.25) is 5.91 Å². The van der Waals surface area contributed by atoms with Crippen molar-refractivity contribution in [2.24, 2.45) is 0 Å². The lowest BCUT2D eigenvalue weighted by Crippen LogP contribution is -2.30. The van der Waals surface area contributed by atoms with E-state index >= 15 is 0 Å². The van der Waals surface area contributed by atoms with Crippen molar-refractivity contribution >= 4 is 52.5 Å². The number of carbonyl (C=O) groups excluding carboxylic acids is 3. The van der Waals surface area contributed by atoms with E-state index in [9.17, 15) is 18.8 Å². The lowest BCUT2D eigenvalue weighted by molar-refractivity contribution is -0.123. The molecule has 0 radical (unpaired) electrons. The summed E-state index contributed by atoms with van der Waals surface area (Å²) in [6, 6.07) is 8.33. The highest BCUT2D eigenvalue weighted by Gasteiger charge is 2.25. The zero-order valence-corrected chi connectivity index (χ0v) is 16.5. The van der Waals surface area contributed by atoms with Gasteiger partial charge in [-0.25, -0.2) is 9.18 Å². The number of thioether (sulfide) groups is 1. The lowest BCUT2D eigenvalue weighted by atomic mass is 10.2. The van der Waals surface area contributed by atoms with Crippen LogP contribution in [0.5, 0.6) is 0 Å². The molecule has 0 saturated carbocycles. The van der Waals surface area contributed by atoms with Gasteiger partial charge in [-0.1, -0.05) is 11.6 Å². The molecule has 2 aromatic rings. The number of amides is 2. The number of fused-ring (bicyclic) bond motifs is 1. The Morgan fingerprint density at radius 2 is 2.04 bits per heavy atom. The van der Waals surface area contributed by atoms with Gasteiger partial charge in [0.25, 0.3) is 5.91 Å². The number of hydrogen-bond donors (Lipinski definition) is 2. The highest BCUT2D eigenvalue weighted by Crippen LogP contribution is 2.36. The summed E-state index contributed by atoms with van der Waals surface area (Å²) in [5.74, 6) is -2.01.